The van der Waals surface area contributed by atoms with E-state index in [-0.39, 0.29) is 11.9 Å². The molecule has 1 aliphatic heterocycles. The molecule has 1 aromatic carbocycles. The number of carbonyl (C=O) groups is 1. The van der Waals surface area contributed by atoms with Crippen LogP contribution in [0.1, 0.15) is 41.9 Å². The molecule has 2 aromatic heterocycles. The van der Waals surface area contributed by atoms with Crippen molar-refractivity contribution in [2.75, 3.05) is 13.1 Å². The molecule has 3 aromatic rings. The van der Waals surface area contributed by atoms with Gasteiger partial charge in [0.1, 0.15) is 17.6 Å². The topological polar surface area (TPSA) is 58.6 Å². The number of piperidine rings is 1. The first-order valence-corrected chi connectivity index (χ1v) is 8.77. The third-order valence-corrected chi connectivity index (χ3v) is 4.91. The maximum atomic E-state index is 12.3. The van der Waals surface area contributed by atoms with Crippen molar-refractivity contribution in [1.29, 1.82) is 0 Å². The molecule has 130 valence electrons. The molecule has 1 aliphatic rings. The second-order valence-electron chi connectivity index (χ2n) is 6.65. The lowest BCUT2D eigenvalue weighted by Crippen LogP contribution is -2.45. The second-order valence-corrected chi connectivity index (χ2v) is 6.65. The van der Waals surface area contributed by atoms with Gasteiger partial charge in [0.25, 0.3) is 5.91 Å². The quantitative estimate of drug-likeness (QED) is 0.782. The van der Waals surface area contributed by atoms with E-state index in [9.17, 15) is 4.79 Å². The van der Waals surface area contributed by atoms with Gasteiger partial charge in [-0.2, -0.15) is 0 Å². The molecule has 0 aliphatic carbocycles. The molecule has 1 atom stereocenters. The zero-order chi connectivity index (χ0) is 17.2. The van der Waals surface area contributed by atoms with Crippen LogP contribution in [0.15, 0.2) is 57.8 Å². The van der Waals surface area contributed by atoms with Gasteiger partial charge in [-0.1, -0.05) is 18.2 Å². The van der Waals surface area contributed by atoms with E-state index in [1.807, 2.05) is 23.1 Å². The molecule has 25 heavy (non-hydrogen) atoms. The summed E-state index contributed by atoms with van der Waals surface area (Å²) < 4.78 is 10.9. The first-order valence-electron chi connectivity index (χ1n) is 8.77. The van der Waals surface area contributed by atoms with Crippen LogP contribution in [0.5, 0.6) is 0 Å². The SMILES string of the molecule is CC(NC1CCN(C(=O)c2ccoc2)CC1)c1cc2ccccc2o1. The minimum Gasteiger partial charge on any atom is -0.472 e. The van der Waals surface area contributed by atoms with Crippen molar-refractivity contribution in [2.45, 2.75) is 31.8 Å². The molecule has 1 amide bonds. The van der Waals surface area contributed by atoms with Crippen molar-refractivity contribution in [3.8, 4) is 0 Å². The van der Waals surface area contributed by atoms with Crippen LogP contribution in [0.2, 0.25) is 0 Å². The lowest BCUT2D eigenvalue weighted by atomic mass is 10.0. The Balaban J connectivity index is 1.34. The van der Waals surface area contributed by atoms with Gasteiger partial charge in [0.2, 0.25) is 0 Å². The van der Waals surface area contributed by atoms with Gasteiger partial charge in [-0.25, -0.2) is 0 Å². The number of para-hydroxylation sites is 1. The van der Waals surface area contributed by atoms with E-state index in [0.29, 0.717) is 11.6 Å². The second kappa shape index (κ2) is 6.76. The molecule has 0 radical (unpaired) electrons. The van der Waals surface area contributed by atoms with Gasteiger partial charge in [0, 0.05) is 24.5 Å². The van der Waals surface area contributed by atoms with Gasteiger partial charge in [0.15, 0.2) is 0 Å². The van der Waals surface area contributed by atoms with Crippen LogP contribution in [-0.2, 0) is 0 Å². The van der Waals surface area contributed by atoms with Gasteiger partial charge in [0.05, 0.1) is 17.9 Å². The third-order valence-electron chi connectivity index (χ3n) is 4.91. The normalized spacial score (nSPS) is 17.1. The summed E-state index contributed by atoms with van der Waals surface area (Å²) in [6, 6.07) is 12.4. The van der Waals surface area contributed by atoms with Gasteiger partial charge in [-0.05, 0) is 38.0 Å². The number of fused-ring (bicyclic) bond motifs is 1. The van der Waals surface area contributed by atoms with E-state index in [1.54, 1.807) is 6.07 Å². The Hall–Kier alpha value is -2.53. The number of hydrogen-bond donors (Lipinski definition) is 1. The standard InChI is InChI=1S/C20H22N2O3/c1-14(19-12-15-4-2-3-5-18(15)25-19)21-17-6-9-22(10-7-17)20(23)16-8-11-24-13-16/h2-5,8,11-14,17,21H,6-7,9-10H2,1H3. The molecular weight excluding hydrogens is 316 g/mol. The Morgan fingerprint density at radius 1 is 1.24 bits per heavy atom. The Morgan fingerprint density at radius 3 is 2.76 bits per heavy atom. The van der Waals surface area contributed by atoms with Crippen LogP contribution in [0.3, 0.4) is 0 Å². The van der Waals surface area contributed by atoms with Crippen molar-refractivity contribution in [2.24, 2.45) is 0 Å². The lowest BCUT2D eigenvalue weighted by molar-refractivity contribution is 0.0700. The first-order chi connectivity index (χ1) is 12.2. The zero-order valence-electron chi connectivity index (χ0n) is 14.3. The third kappa shape index (κ3) is 3.33. The maximum Gasteiger partial charge on any atom is 0.257 e. The fourth-order valence-corrected chi connectivity index (χ4v) is 3.47. The summed E-state index contributed by atoms with van der Waals surface area (Å²) in [5.41, 5.74) is 1.55. The van der Waals surface area contributed by atoms with Crippen LogP contribution in [0, 0.1) is 0 Å². The summed E-state index contributed by atoms with van der Waals surface area (Å²) >= 11 is 0. The van der Waals surface area contributed by atoms with Crippen LogP contribution < -0.4 is 5.32 Å². The highest BCUT2D eigenvalue weighted by molar-refractivity contribution is 5.93. The summed E-state index contributed by atoms with van der Waals surface area (Å²) in [7, 11) is 0. The van der Waals surface area contributed by atoms with Gasteiger partial charge in [-0.3, -0.25) is 4.79 Å². The van der Waals surface area contributed by atoms with Crippen molar-refractivity contribution in [1.82, 2.24) is 10.2 Å². The molecule has 0 saturated carbocycles. The number of benzene rings is 1. The molecule has 3 heterocycles. The first kappa shape index (κ1) is 16.0. The predicted molar refractivity (Wildman–Crippen MR) is 95.4 cm³/mol. The largest absolute Gasteiger partial charge is 0.472 e. The summed E-state index contributed by atoms with van der Waals surface area (Å²) in [4.78, 5) is 14.2. The number of furan rings is 2. The number of amides is 1. The summed E-state index contributed by atoms with van der Waals surface area (Å²) in [6.45, 7) is 3.64. The highest BCUT2D eigenvalue weighted by Crippen LogP contribution is 2.25. The number of carbonyl (C=O) groups excluding carboxylic acids is 1. The van der Waals surface area contributed by atoms with Gasteiger partial charge in [-0.15, -0.1) is 0 Å². The lowest BCUT2D eigenvalue weighted by Gasteiger charge is -2.33. The smallest absolute Gasteiger partial charge is 0.257 e. The minimum atomic E-state index is 0.0533. The molecule has 5 nitrogen and oxygen atoms in total. The molecule has 4 rings (SSSR count). The average molecular weight is 338 g/mol. The van der Waals surface area contributed by atoms with E-state index in [4.69, 9.17) is 8.83 Å². The minimum absolute atomic E-state index is 0.0533. The Labute approximate surface area is 146 Å². The highest BCUT2D eigenvalue weighted by Gasteiger charge is 2.25. The summed E-state index contributed by atoms with van der Waals surface area (Å²) in [6.07, 6.45) is 4.93. The van der Waals surface area contributed by atoms with Crippen molar-refractivity contribution >= 4 is 16.9 Å². The van der Waals surface area contributed by atoms with E-state index in [2.05, 4.69) is 24.4 Å². The Kier molecular flexibility index (Phi) is 4.32. The van der Waals surface area contributed by atoms with Crippen LogP contribution >= 0.6 is 0 Å². The number of likely N-dealkylation sites (tertiary alicyclic amines) is 1. The molecule has 1 saturated heterocycles. The number of nitrogens with one attached hydrogen (secondary N) is 1. The average Bonchev–Trinajstić information content (AvgIpc) is 3.31. The highest BCUT2D eigenvalue weighted by atomic mass is 16.3. The van der Waals surface area contributed by atoms with E-state index < -0.39 is 0 Å². The van der Waals surface area contributed by atoms with E-state index >= 15 is 0 Å². The fourth-order valence-electron chi connectivity index (χ4n) is 3.47. The summed E-state index contributed by atoms with van der Waals surface area (Å²) in [5, 5.41) is 4.77. The number of rotatable bonds is 4. The molecule has 0 spiro atoms. The zero-order valence-corrected chi connectivity index (χ0v) is 14.3. The van der Waals surface area contributed by atoms with Crippen molar-refractivity contribution in [3.63, 3.8) is 0 Å². The molecule has 1 N–H and O–H groups in total. The van der Waals surface area contributed by atoms with Crippen molar-refractivity contribution < 1.29 is 13.6 Å². The fraction of sp³-hybridized carbons (Fsp3) is 0.350. The number of hydrogen-bond acceptors (Lipinski definition) is 4. The van der Waals surface area contributed by atoms with Crippen LogP contribution in [0.25, 0.3) is 11.0 Å². The molecule has 1 fully saturated rings. The van der Waals surface area contributed by atoms with Crippen LogP contribution in [-0.4, -0.2) is 29.9 Å². The molecule has 0 bridgehead atoms. The van der Waals surface area contributed by atoms with Crippen molar-refractivity contribution in [3.05, 3.63) is 60.2 Å². The maximum absolute atomic E-state index is 12.3. The van der Waals surface area contributed by atoms with E-state index in [1.165, 1.54) is 12.5 Å². The Morgan fingerprint density at radius 2 is 2.04 bits per heavy atom. The molecule has 5 heteroatoms. The van der Waals surface area contributed by atoms with Gasteiger partial charge < -0.3 is 19.1 Å². The van der Waals surface area contributed by atoms with Gasteiger partial charge >= 0.3 is 0 Å². The summed E-state index contributed by atoms with van der Waals surface area (Å²) in [5.74, 6) is 1.01. The number of nitrogens with zero attached hydrogens (tertiary/aromatic N) is 1. The monoisotopic (exact) mass is 338 g/mol. The van der Waals surface area contributed by atoms with Crippen LogP contribution in [0.4, 0.5) is 0 Å². The van der Waals surface area contributed by atoms with E-state index in [0.717, 1.165) is 42.7 Å². The predicted octanol–water partition coefficient (Wildman–Crippen LogP) is 3.98. The Bertz CT molecular complexity index is 812. The molecule has 1 unspecified atom stereocenters. The molecular formula is C20H22N2O3.